The van der Waals surface area contributed by atoms with Crippen LogP contribution in [0.25, 0.3) is 28.4 Å². The van der Waals surface area contributed by atoms with Gasteiger partial charge in [-0.25, -0.2) is 19.5 Å². The number of aryl methyl sites for hydroxylation is 1. The third kappa shape index (κ3) is 4.53. The van der Waals surface area contributed by atoms with Crippen LogP contribution in [0.3, 0.4) is 0 Å². The molecule has 0 bridgehead atoms. The van der Waals surface area contributed by atoms with Crippen molar-refractivity contribution in [3.63, 3.8) is 0 Å². The third-order valence-corrected chi connectivity index (χ3v) is 6.78. The molecule has 180 valence electrons. The monoisotopic (exact) mass is 496 g/mol. The highest BCUT2D eigenvalue weighted by Crippen LogP contribution is 2.25. The van der Waals surface area contributed by atoms with Gasteiger partial charge in [0.1, 0.15) is 0 Å². The fraction of sp³-hybridized carbons (Fsp3) is 0.222. The van der Waals surface area contributed by atoms with Gasteiger partial charge >= 0.3 is 0 Å². The van der Waals surface area contributed by atoms with Crippen LogP contribution in [-0.4, -0.2) is 60.6 Å². The van der Waals surface area contributed by atoms with E-state index >= 15 is 0 Å². The predicted octanol–water partition coefficient (Wildman–Crippen LogP) is 4.53. The van der Waals surface area contributed by atoms with Crippen molar-refractivity contribution in [2.75, 3.05) is 31.1 Å². The van der Waals surface area contributed by atoms with E-state index in [0.29, 0.717) is 16.6 Å². The molecule has 0 atom stereocenters. The van der Waals surface area contributed by atoms with E-state index in [9.17, 15) is 0 Å². The van der Waals surface area contributed by atoms with Gasteiger partial charge in [-0.3, -0.25) is 4.90 Å². The fourth-order valence-corrected chi connectivity index (χ4v) is 4.64. The van der Waals surface area contributed by atoms with E-state index in [1.54, 1.807) is 4.52 Å². The first-order valence-corrected chi connectivity index (χ1v) is 12.3. The molecule has 3 aromatic heterocycles. The SMILES string of the molecule is Cc1c(-c2ccnc(N3CCN(Cc4ccccc4)CC3)n2)cnc2nc(-c3ccc(Cl)cc3)nn12. The number of nitrogens with zero attached hydrogens (tertiary/aromatic N) is 8. The topological polar surface area (TPSA) is 75.3 Å². The molecule has 0 spiro atoms. The van der Waals surface area contributed by atoms with Crippen LogP contribution in [0.15, 0.2) is 73.1 Å². The minimum absolute atomic E-state index is 0.546. The lowest BCUT2D eigenvalue weighted by Crippen LogP contribution is -2.46. The number of hydrogen-bond acceptors (Lipinski definition) is 7. The number of piperazine rings is 1. The Morgan fingerprint density at radius 3 is 2.42 bits per heavy atom. The second kappa shape index (κ2) is 9.64. The maximum absolute atomic E-state index is 6.02. The number of anilines is 1. The fourth-order valence-electron chi connectivity index (χ4n) is 4.51. The van der Waals surface area contributed by atoms with Crippen molar-refractivity contribution < 1.29 is 0 Å². The summed E-state index contributed by atoms with van der Waals surface area (Å²) in [6, 6.07) is 20.0. The summed E-state index contributed by atoms with van der Waals surface area (Å²) < 4.78 is 1.77. The Morgan fingerprint density at radius 2 is 1.64 bits per heavy atom. The molecule has 0 unspecified atom stereocenters. The molecular weight excluding hydrogens is 472 g/mol. The highest BCUT2D eigenvalue weighted by Gasteiger charge is 2.20. The summed E-state index contributed by atoms with van der Waals surface area (Å²) in [5, 5.41) is 5.37. The number of aromatic nitrogens is 6. The van der Waals surface area contributed by atoms with Crippen LogP contribution in [0.4, 0.5) is 5.95 Å². The van der Waals surface area contributed by atoms with Crippen LogP contribution in [0.1, 0.15) is 11.3 Å². The summed E-state index contributed by atoms with van der Waals surface area (Å²) in [7, 11) is 0. The minimum Gasteiger partial charge on any atom is -0.338 e. The first kappa shape index (κ1) is 22.6. The van der Waals surface area contributed by atoms with Gasteiger partial charge < -0.3 is 4.90 Å². The van der Waals surface area contributed by atoms with E-state index in [2.05, 4.69) is 55.1 Å². The standard InChI is InChI=1S/C27H25ClN8/c1-19-23(17-30-27-32-25(33-36(19)27)21-7-9-22(28)10-8-21)24-11-12-29-26(31-24)35-15-13-34(14-16-35)18-20-5-3-2-4-6-20/h2-12,17H,13-16,18H2,1H3. The van der Waals surface area contributed by atoms with Crippen LogP contribution < -0.4 is 4.90 Å². The maximum Gasteiger partial charge on any atom is 0.252 e. The maximum atomic E-state index is 6.02. The molecule has 5 aromatic rings. The van der Waals surface area contributed by atoms with Gasteiger partial charge in [0.25, 0.3) is 5.78 Å². The summed E-state index contributed by atoms with van der Waals surface area (Å²) in [5.41, 5.74) is 4.88. The van der Waals surface area contributed by atoms with Crippen molar-refractivity contribution in [3.8, 4) is 22.6 Å². The highest BCUT2D eigenvalue weighted by molar-refractivity contribution is 6.30. The molecule has 9 heteroatoms. The lowest BCUT2D eigenvalue weighted by Gasteiger charge is -2.34. The smallest absolute Gasteiger partial charge is 0.252 e. The molecule has 1 fully saturated rings. The molecule has 4 heterocycles. The van der Waals surface area contributed by atoms with Crippen LogP contribution in [0, 0.1) is 6.92 Å². The first-order valence-electron chi connectivity index (χ1n) is 12.0. The van der Waals surface area contributed by atoms with Crippen molar-refractivity contribution in [2.24, 2.45) is 0 Å². The highest BCUT2D eigenvalue weighted by atomic mass is 35.5. The van der Waals surface area contributed by atoms with Gasteiger partial charge in [-0.15, -0.1) is 5.10 Å². The Kier molecular flexibility index (Phi) is 6.04. The molecule has 0 amide bonds. The van der Waals surface area contributed by atoms with E-state index < -0.39 is 0 Å². The third-order valence-electron chi connectivity index (χ3n) is 6.53. The zero-order chi connectivity index (χ0) is 24.5. The average molecular weight is 497 g/mol. The molecule has 36 heavy (non-hydrogen) atoms. The molecule has 1 aliphatic rings. The molecule has 0 N–H and O–H groups in total. The lowest BCUT2D eigenvalue weighted by molar-refractivity contribution is 0.248. The van der Waals surface area contributed by atoms with Gasteiger partial charge in [-0.05, 0) is 42.8 Å². The van der Waals surface area contributed by atoms with Gasteiger partial charge in [0.05, 0.1) is 11.4 Å². The van der Waals surface area contributed by atoms with Crippen LogP contribution in [0.2, 0.25) is 5.02 Å². The normalized spacial score (nSPS) is 14.4. The van der Waals surface area contributed by atoms with Crippen LogP contribution in [0.5, 0.6) is 0 Å². The second-order valence-electron chi connectivity index (χ2n) is 8.90. The largest absolute Gasteiger partial charge is 0.338 e. The Balaban J connectivity index is 1.22. The quantitative estimate of drug-likeness (QED) is 0.354. The summed E-state index contributed by atoms with van der Waals surface area (Å²) in [6.45, 7) is 6.70. The Labute approximate surface area is 214 Å². The van der Waals surface area contributed by atoms with E-state index in [0.717, 1.165) is 61.2 Å². The number of halogens is 1. The molecule has 0 aliphatic carbocycles. The zero-order valence-corrected chi connectivity index (χ0v) is 20.7. The molecule has 2 aromatic carbocycles. The number of hydrogen-bond donors (Lipinski definition) is 0. The van der Waals surface area contributed by atoms with Crippen molar-refractivity contribution in [1.82, 2.24) is 34.4 Å². The molecular formula is C27H25ClN8. The molecule has 0 saturated carbocycles. The number of benzene rings is 2. The summed E-state index contributed by atoms with van der Waals surface area (Å²) in [5.74, 6) is 1.90. The Bertz CT molecular complexity index is 1490. The second-order valence-corrected chi connectivity index (χ2v) is 9.34. The zero-order valence-electron chi connectivity index (χ0n) is 19.9. The van der Waals surface area contributed by atoms with Crippen LogP contribution in [-0.2, 0) is 6.54 Å². The lowest BCUT2D eigenvalue weighted by atomic mass is 10.2. The van der Waals surface area contributed by atoms with E-state index in [-0.39, 0.29) is 0 Å². The molecule has 1 aliphatic heterocycles. The van der Waals surface area contributed by atoms with E-state index in [1.165, 1.54) is 5.56 Å². The van der Waals surface area contributed by atoms with Gasteiger partial charge in [-0.1, -0.05) is 41.9 Å². The predicted molar refractivity (Wildman–Crippen MR) is 141 cm³/mol. The molecule has 1 saturated heterocycles. The van der Waals surface area contributed by atoms with E-state index in [4.69, 9.17) is 21.7 Å². The van der Waals surface area contributed by atoms with Gasteiger partial charge in [0.15, 0.2) is 5.82 Å². The summed E-state index contributed by atoms with van der Waals surface area (Å²) in [6.07, 6.45) is 3.63. The Hall–Kier alpha value is -3.88. The summed E-state index contributed by atoms with van der Waals surface area (Å²) in [4.78, 5) is 23.3. The molecule has 6 rings (SSSR count). The first-order chi connectivity index (χ1) is 17.6. The summed E-state index contributed by atoms with van der Waals surface area (Å²) >= 11 is 6.02. The van der Waals surface area contributed by atoms with Crippen molar-refractivity contribution in [3.05, 3.63) is 89.3 Å². The van der Waals surface area contributed by atoms with Crippen molar-refractivity contribution in [1.29, 1.82) is 0 Å². The van der Waals surface area contributed by atoms with Crippen molar-refractivity contribution in [2.45, 2.75) is 13.5 Å². The van der Waals surface area contributed by atoms with E-state index in [1.807, 2.05) is 49.6 Å². The Morgan fingerprint density at radius 1 is 0.861 bits per heavy atom. The molecule has 0 radical (unpaired) electrons. The van der Waals surface area contributed by atoms with Crippen molar-refractivity contribution >= 4 is 23.3 Å². The minimum atomic E-state index is 0.546. The van der Waals surface area contributed by atoms with Gasteiger partial charge in [-0.2, -0.15) is 4.98 Å². The van der Waals surface area contributed by atoms with Gasteiger partial charge in [0, 0.05) is 61.3 Å². The van der Waals surface area contributed by atoms with Crippen LogP contribution >= 0.6 is 11.6 Å². The number of rotatable bonds is 5. The van der Waals surface area contributed by atoms with Gasteiger partial charge in [0.2, 0.25) is 5.95 Å². The number of fused-ring (bicyclic) bond motifs is 1. The average Bonchev–Trinajstić information content (AvgIpc) is 3.36. The molecule has 8 nitrogen and oxygen atoms in total.